The zero-order chi connectivity index (χ0) is 21.4. The summed E-state index contributed by atoms with van der Waals surface area (Å²) in [6, 6.07) is 9.48. The van der Waals surface area contributed by atoms with E-state index in [0.29, 0.717) is 19.6 Å². The van der Waals surface area contributed by atoms with Gasteiger partial charge in [0.2, 0.25) is 0 Å². The Labute approximate surface area is 178 Å². The van der Waals surface area contributed by atoms with Crippen LogP contribution in [-0.2, 0) is 17.7 Å². The van der Waals surface area contributed by atoms with E-state index in [-0.39, 0.29) is 17.7 Å². The Bertz CT molecular complexity index is 1230. The number of fused-ring (bicyclic) bond motifs is 1. The molecule has 0 spiro atoms. The van der Waals surface area contributed by atoms with E-state index in [1.807, 2.05) is 12.3 Å². The number of aromatic nitrogens is 2. The third-order valence-electron chi connectivity index (χ3n) is 5.80. The Kier molecular flexibility index (Phi) is 5.11. The van der Waals surface area contributed by atoms with Gasteiger partial charge in [-0.1, -0.05) is 18.2 Å². The van der Waals surface area contributed by atoms with E-state index in [1.165, 1.54) is 16.7 Å². The number of hydrogen-bond acceptors (Lipinski definition) is 4. The summed E-state index contributed by atoms with van der Waals surface area (Å²) in [4.78, 5) is 19.6. The number of anilines is 1. The summed E-state index contributed by atoms with van der Waals surface area (Å²) in [5.41, 5.74) is 4.69. The molecule has 5 rings (SSSR count). The first-order valence-corrected chi connectivity index (χ1v) is 10.3. The molecule has 2 aliphatic rings. The lowest BCUT2D eigenvalue weighted by Gasteiger charge is -2.29. The number of morpholine rings is 1. The number of halogens is 2. The van der Waals surface area contributed by atoms with Gasteiger partial charge in [0.05, 0.1) is 37.3 Å². The van der Waals surface area contributed by atoms with E-state index in [2.05, 4.69) is 22.0 Å². The molecule has 0 radical (unpaired) electrons. The minimum atomic E-state index is -0.923. The predicted molar refractivity (Wildman–Crippen MR) is 114 cm³/mol. The molecule has 1 aromatic carbocycles. The molecule has 0 amide bonds. The van der Waals surface area contributed by atoms with E-state index in [1.54, 1.807) is 12.3 Å². The van der Waals surface area contributed by atoms with E-state index < -0.39 is 11.6 Å². The Morgan fingerprint density at radius 3 is 2.74 bits per heavy atom. The fraction of sp³-hybridized carbons (Fsp3) is 0.250. The number of nitrogens with zero attached hydrogens (tertiary/aromatic N) is 3. The van der Waals surface area contributed by atoms with Crippen LogP contribution >= 0.6 is 0 Å². The summed E-state index contributed by atoms with van der Waals surface area (Å²) in [7, 11) is 0. The molecule has 0 atom stereocenters. The highest BCUT2D eigenvalue weighted by Crippen LogP contribution is 2.33. The molecule has 1 aliphatic heterocycles. The van der Waals surface area contributed by atoms with Crippen LogP contribution in [-0.4, -0.2) is 35.9 Å². The van der Waals surface area contributed by atoms with Gasteiger partial charge < -0.3 is 14.2 Å². The summed E-state index contributed by atoms with van der Waals surface area (Å²) in [5, 5.41) is 0. The smallest absolute Gasteiger partial charge is 0.251 e. The van der Waals surface area contributed by atoms with Crippen molar-refractivity contribution in [1.82, 2.24) is 9.55 Å². The minimum absolute atomic E-state index is 0.0267. The van der Waals surface area contributed by atoms with Crippen LogP contribution in [0.4, 0.5) is 14.5 Å². The van der Waals surface area contributed by atoms with Crippen molar-refractivity contribution in [2.45, 2.75) is 13.0 Å². The standard InChI is InChI=1S/C24H21F2N3O2/c25-21-3-1-2-17(24(21)26)15-29-7-6-16(12-23(29)30)19-4-5-22-20(19)13-18(14-27-22)28-8-10-31-11-9-28/h1-4,6-7,12-14H,5,8-11,15H2. The topological polar surface area (TPSA) is 47.4 Å². The summed E-state index contributed by atoms with van der Waals surface area (Å²) in [6.07, 6.45) is 6.31. The maximum Gasteiger partial charge on any atom is 0.251 e. The average molecular weight is 421 g/mol. The van der Waals surface area contributed by atoms with Crippen LogP contribution < -0.4 is 10.5 Å². The van der Waals surface area contributed by atoms with Crippen molar-refractivity contribution in [2.24, 2.45) is 0 Å². The SMILES string of the molecule is O=c1cc(C2=CCc3ncc(N4CCOCC4)cc32)ccn1Cc1cccc(F)c1F. The van der Waals surface area contributed by atoms with Gasteiger partial charge in [0.25, 0.3) is 5.56 Å². The van der Waals surface area contributed by atoms with Gasteiger partial charge in [-0.15, -0.1) is 0 Å². The highest BCUT2D eigenvalue weighted by atomic mass is 19.2. The van der Waals surface area contributed by atoms with Crippen molar-refractivity contribution < 1.29 is 13.5 Å². The first-order chi connectivity index (χ1) is 15.1. The molecule has 5 nitrogen and oxygen atoms in total. The first kappa shape index (κ1) is 19.6. The Morgan fingerprint density at radius 1 is 1.10 bits per heavy atom. The van der Waals surface area contributed by atoms with E-state index in [4.69, 9.17) is 4.74 Å². The maximum absolute atomic E-state index is 14.0. The van der Waals surface area contributed by atoms with E-state index in [9.17, 15) is 13.6 Å². The van der Waals surface area contributed by atoms with Crippen LogP contribution in [0.2, 0.25) is 0 Å². The molecule has 0 bridgehead atoms. The van der Waals surface area contributed by atoms with Crippen molar-refractivity contribution >= 4 is 11.3 Å². The fourth-order valence-corrected chi connectivity index (χ4v) is 4.11. The van der Waals surface area contributed by atoms with E-state index in [0.717, 1.165) is 47.2 Å². The fourth-order valence-electron chi connectivity index (χ4n) is 4.11. The number of hydrogen-bond donors (Lipinski definition) is 0. The summed E-state index contributed by atoms with van der Waals surface area (Å²) < 4.78 is 34.3. The Balaban J connectivity index is 1.43. The molecule has 3 heterocycles. The predicted octanol–water partition coefficient (Wildman–Crippen LogP) is 3.39. The van der Waals surface area contributed by atoms with Crippen molar-refractivity contribution in [1.29, 1.82) is 0 Å². The lowest BCUT2D eigenvalue weighted by atomic mass is 10.0. The number of rotatable bonds is 4. The van der Waals surface area contributed by atoms with Crippen LogP contribution in [0.25, 0.3) is 5.57 Å². The van der Waals surface area contributed by atoms with Gasteiger partial charge in [-0.3, -0.25) is 9.78 Å². The van der Waals surface area contributed by atoms with Gasteiger partial charge in [0, 0.05) is 42.9 Å². The van der Waals surface area contributed by atoms with E-state index >= 15 is 0 Å². The molecule has 158 valence electrons. The zero-order valence-electron chi connectivity index (χ0n) is 16.9. The molecule has 1 fully saturated rings. The Morgan fingerprint density at radius 2 is 1.94 bits per heavy atom. The average Bonchev–Trinajstić information content (AvgIpc) is 3.22. The highest BCUT2D eigenvalue weighted by molar-refractivity contribution is 5.85. The summed E-state index contributed by atoms with van der Waals surface area (Å²) in [5.74, 6) is -1.84. The second kappa shape index (κ2) is 8.07. The second-order valence-electron chi connectivity index (χ2n) is 7.70. The lowest BCUT2D eigenvalue weighted by Crippen LogP contribution is -2.36. The van der Waals surface area contributed by atoms with Crippen LogP contribution in [0.3, 0.4) is 0 Å². The van der Waals surface area contributed by atoms with Crippen LogP contribution in [0.1, 0.15) is 22.4 Å². The molecular formula is C24H21F2N3O2. The molecule has 31 heavy (non-hydrogen) atoms. The van der Waals surface area contributed by atoms with Gasteiger partial charge >= 0.3 is 0 Å². The summed E-state index contributed by atoms with van der Waals surface area (Å²) in [6.45, 7) is 3.02. The molecular weight excluding hydrogens is 400 g/mol. The quantitative estimate of drug-likeness (QED) is 0.648. The van der Waals surface area contributed by atoms with Gasteiger partial charge in [-0.25, -0.2) is 8.78 Å². The molecule has 3 aromatic rings. The van der Waals surface area contributed by atoms with Crippen LogP contribution in [0.5, 0.6) is 0 Å². The number of ether oxygens (including phenoxy) is 1. The molecule has 7 heteroatoms. The molecule has 1 saturated heterocycles. The summed E-state index contributed by atoms with van der Waals surface area (Å²) >= 11 is 0. The zero-order valence-corrected chi connectivity index (χ0v) is 16.9. The minimum Gasteiger partial charge on any atom is -0.378 e. The Hall–Kier alpha value is -3.32. The maximum atomic E-state index is 14.0. The lowest BCUT2D eigenvalue weighted by molar-refractivity contribution is 0.122. The van der Waals surface area contributed by atoms with Gasteiger partial charge in [0.1, 0.15) is 0 Å². The van der Waals surface area contributed by atoms with Crippen molar-refractivity contribution in [3.05, 3.63) is 99.2 Å². The first-order valence-electron chi connectivity index (χ1n) is 10.3. The highest BCUT2D eigenvalue weighted by Gasteiger charge is 2.21. The normalized spacial score (nSPS) is 15.7. The number of allylic oxidation sites excluding steroid dienone is 1. The van der Waals surface area contributed by atoms with Crippen molar-refractivity contribution in [3.8, 4) is 0 Å². The molecule has 2 aromatic heterocycles. The van der Waals surface area contributed by atoms with Gasteiger partial charge in [-0.05, 0) is 29.3 Å². The van der Waals surface area contributed by atoms with Gasteiger partial charge in [0.15, 0.2) is 11.6 Å². The number of pyridine rings is 2. The molecule has 0 unspecified atom stereocenters. The molecule has 0 saturated carbocycles. The third-order valence-corrected chi connectivity index (χ3v) is 5.80. The van der Waals surface area contributed by atoms with Crippen LogP contribution in [0.15, 0.2) is 59.7 Å². The van der Waals surface area contributed by atoms with Gasteiger partial charge in [-0.2, -0.15) is 0 Å². The van der Waals surface area contributed by atoms with Crippen molar-refractivity contribution in [3.63, 3.8) is 0 Å². The van der Waals surface area contributed by atoms with Crippen molar-refractivity contribution in [2.75, 3.05) is 31.2 Å². The second-order valence-corrected chi connectivity index (χ2v) is 7.70. The monoisotopic (exact) mass is 421 g/mol. The third kappa shape index (κ3) is 3.77. The number of benzene rings is 1. The van der Waals surface area contributed by atoms with Crippen LogP contribution in [0, 0.1) is 11.6 Å². The molecule has 0 N–H and O–H groups in total. The molecule has 1 aliphatic carbocycles. The largest absolute Gasteiger partial charge is 0.378 e.